The molecular weight excluding hydrogens is 322 g/mol. The van der Waals surface area contributed by atoms with Crippen molar-refractivity contribution in [2.45, 2.75) is 13.0 Å². The highest BCUT2D eigenvalue weighted by Gasteiger charge is 2.14. The minimum Gasteiger partial charge on any atom is -0.337 e. The highest BCUT2D eigenvalue weighted by atomic mass is 79.9. The van der Waals surface area contributed by atoms with Crippen molar-refractivity contribution in [2.75, 3.05) is 11.9 Å². The molecule has 0 spiro atoms. The van der Waals surface area contributed by atoms with Gasteiger partial charge in [0.15, 0.2) is 0 Å². The highest BCUT2D eigenvalue weighted by Crippen LogP contribution is 2.11. The molecule has 0 aliphatic heterocycles. The molecular formula is C15H16BrNOS. The Bertz CT molecular complexity index is 498. The Morgan fingerprint density at radius 3 is 2.58 bits per heavy atom. The molecule has 19 heavy (non-hydrogen) atoms. The van der Waals surface area contributed by atoms with Gasteiger partial charge in [0.1, 0.15) is 0 Å². The first-order chi connectivity index (χ1) is 9.29. The smallest absolute Gasteiger partial charge is 0.227 e. The van der Waals surface area contributed by atoms with Crippen LogP contribution in [0.5, 0.6) is 0 Å². The van der Waals surface area contributed by atoms with Gasteiger partial charge >= 0.3 is 0 Å². The van der Waals surface area contributed by atoms with E-state index in [-0.39, 0.29) is 5.91 Å². The minimum atomic E-state index is 0.182. The molecule has 0 saturated heterocycles. The molecule has 0 aliphatic carbocycles. The number of alkyl halides is 1. The normalized spacial score (nSPS) is 10.4. The molecule has 0 atom stereocenters. The van der Waals surface area contributed by atoms with Crippen molar-refractivity contribution in [3.05, 3.63) is 58.3 Å². The lowest BCUT2D eigenvalue weighted by atomic mass is 10.2. The van der Waals surface area contributed by atoms with Crippen LogP contribution in [0.4, 0.5) is 0 Å². The van der Waals surface area contributed by atoms with Crippen molar-refractivity contribution >= 4 is 33.2 Å². The summed E-state index contributed by atoms with van der Waals surface area (Å²) in [5, 5.41) is 4.84. The Hall–Kier alpha value is -1.13. The fourth-order valence-corrected chi connectivity index (χ4v) is 2.97. The van der Waals surface area contributed by atoms with E-state index in [1.54, 1.807) is 11.3 Å². The summed E-state index contributed by atoms with van der Waals surface area (Å²) in [5.74, 6) is 0.182. The molecule has 0 aliphatic rings. The second kappa shape index (κ2) is 7.46. The molecule has 1 aromatic carbocycles. The van der Waals surface area contributed by atoms with Gasteiger partial charge in [0, 0.05) is 18.4 Å². The zero-order valence-corrected chi connectivity index (χ0v) is 13.0. The molecule has 2 rings (SSSR count). The molecule has 1 amide bonds. The van der Waals surface area contributed by atoms with E-state index in [4.69, 9.17) is 0 Å². The van der Waals surface area contributed by atoms with E-state index < -0.39 is 0 Å². The number of rotatable bonds is 6. The van der Waals surface area contributed by atoms with Crippen LogP contribution in [-0.4, -0.2) is 22.7 Å². The summed E-state index contributed by atoms with van der Waals surface area (Å²) in [7, 11) is 0. The van der Waals surface area contributed by atoms with Crippen LogP contribution < -0.4 is 0 Å². The number of hydrogen-bond acceptors (Lipinski definition) is 2. The summed E-state index contributed by atoms with van der Waals surface area (Å²) < 4.78 is 0. The quantitative estimate of drug-likeness (QED) is 0.735. The average Bonchev–Trinajstić information content (AvgIpc) is 2.92. The lowest BCUT2D eigenvalue weighted by molar-refractivity contribution is -0.130. The van der Waals surface area contributed by atoms with Gasteiger partial charge in [0.2, 0.25) is 5.91 Å². The number of carbonyl (C=O) groups is 1. The van der Waals surface area contributed by atoms with Crippen LogP contribution >= 0.6 is 27.3 Å². The van der Waals surface area contributed by atoms with E-state index in [0.29, 0.717) is 13.0 Å². The largest absolute Gasteiger partial charge is 0.337 e. The second-order valence-corrected chi connectivity index (χ2v) is 5.87. The predicted octanol–water partition coefficient (Wildman–Crippen LogP) is 3.71. The number of amides is 1. The van der Waals surface area contributed by atoms with Gasteiger partial charge in [0.25, 0.3) is 0 Å². The maximum absolute atomic E-state index is 12.3. The van der Waals surface area contributed by atoms with Gasteiger partial charge in [-0.05, 0) is 28.0 Å². The fourth-order valence-electron chi connectivity index (χ4n) is 1.88. The average molecular weight is 338 g/mol. The van der Waals surface area contributed by atoms with Crippen molar-refractivity contribution in [2.24, 2.45) is 0 Å². The van der Waals surface area contributed by atoms with Crippen molar-refractivity contribution in [1.82, 2.24) is 4.90 Å². The maximum Gasteiger partial charge on any atom is 0.227 e. The van der Waals surface area contributed by atoms with Crippen LogP contribution in [0, 0.1) is 0 Å². The molecule has 1 aromatic heterocycles. The molecule has 2 nitrogen and oxygen atoms in total. The predicted molar refractivity (Wildman–Crippen MR) is 83.7 cm³/mol. The number of benzene rings is 1. The van der Waals surface area contributed by atoms with E-state index in [9.17, 15) is 4.79 Å². The topological polar surface area (TPSA) is 20.3 Å². The van der Waals surface area contributed by atoms with Gasteiger partial charge in [-0.25, -0.2) is 0 Å². The van der Waals surface area contributed by atoms with Crippen LogP contribution in [0.3, 0.4) is 0 Å². The number of nitrogens with zero attached hydrogens (tertiary/aromatic N) is 1. The van der Waals surface area contributed by atoms with Gasteiger partial charge in [-0.15, -0.1) is 0 Å². The van der Waals surface area contributed by atoms with E-state index >= 15 is 0 Å². The number of thiophene rings is 1. The first-order valence-corrected chi connectivity index (χ1v) is 8.25. The molecule has 0 bridgehead atoms. The highest BCUT2D eigenvalue weighted by molar-refractivity contribution is 9.09. The fraction of sp³-hybridized carbons (Fsp3) is 0.267. The molecule has 0 N–H and O–H groups in total. The molecule has 2 aromatic rings. The van der Waals surface area contributed by atoms with E-state index in [1.807, 2.05) is 39.9 Å². The third kappa shape index (κ3) is 4.48. The Labute approximate surface area is 126 Å². The lowest BCUT2D eigenvalue weighted by Gasteiger charge is -2.21. The second-order valence-electron chi connectivity index (χ2n) is 4.30. The maximum atomic E-state index is 12.3. The van der Waals surface area contributed by atoms with Crippen LogP contribution in [0.2, 0.25) is 0 Å². The van der Waals surface area contributed by atoms with Crippen molar-refractivity contribution < 1.29 is 4.79 Å². The molecule has 0 fully saturated rings. The van der Waals surface area contributed by atoms with Gasteiger partial charge in [-0.3, -0.25) is 4.79 Å². The standard InChI is InChI=1S/C15H16BrNOS/c16-7-8-17(11-13-4-2-1-3-5-13)15(18)10-14-6-9-19-12-14/h1-6,9,12H,7-8,10-11H2. The Morgan fingerprint density at radius 1 is 1.16 bits per heavy atom. The molecule has 4 heteroatoms. The van der Waals surface area contributed by atoms with E-state index in [1.165, 1.54) is 5.56 Å². The van der Waals surface area contributed by atoms with Crippen LogP contribution in [-0.2, 0) is 17.8 Å². The third-order valence-corrected chi connectivity index (χ3v) is 3.95. The molecule has 1 heterocycles. The monoisotopic (exact) mass is 337 g/mol. The van der Waals surface area contributed by atoms with Crippen molar-refractivity contribution in [3.63, 3.8) is 0 Å². The van der Waals surface area contributed by atoms with Crippen molar-refractivity contribution in [3.8, 4) is 0 Å². The molecule has 0 saturated carbocycles. The van der Waals surface area contributed by atoms with Gasteiger partial charge in [-0.2, -0.15) is 11.3 Å². The Kier molecular flexibility index (Phi) is 5.61. The summed E-state index contributed by atoms with van der Waals surface area (Å²) in [6.45, 7) is 1.41. The van der Waals surface area contributed by atoms with E-state index in [2.05, 4.69) is 28.1 Å². The van der Waals surface area contributed by atoms with Crippen molar-refractivity contribution in [1.29, 1.82) is 0 Å². The lowest BCUT2D eigenvalue weighted by Crippen LogP contribution is -2.33. The van der Waals surface area contributed by atoms with Crippen LogP contribution in [0.25, 0.3) is 0 Å². The molecule has 0 radical (unpaired) electrons. The minimum absolute atomic E-state index is 0.182. The number of halogens is 1. The van der Waals surface area contributed by atoms with Crippen LogP contribution in [0.15, 0.2) is 47.2 Å². The van der Waals surface area contributed by atoms with Gasteiger partial charge in [-0.1, -0.05) is 46.3 Å². The summed E-state index contributed by atoms with van der Waals surface area (Å²) in [4.78, 5) is 14.2. The summed E-state index contributed by atoms with van der Waals surface area (Å²) in [6.07, 6.45) is 0.489. The summed E-state index contributed by atoms with van der Waals surface area (Å²) >= 11 is 5.05. The Morgan fingerprint density at radius 2 is 1.95 bits per heavy atom. The SMILES string of the molecule is O=C(Cc1ccsc1)N(CCBr)Cc1ccccc1. The van der Waals surface area contributed by atoms with Crippen LogP contribution in [0.1, 0.15) is 11.1 Å². The molecule has 0 unspecified atom stereocenters. The number of carbonyl (C=O) groups excluding carboxylic acids is 1. The first kappa shape index (κ1) is 14.3. The Balaban J connectivity index is 2.00. The number of hydrogen-bond donors (Lipinski definition) is 0. The third-order valence-electron chi connectivity index (χ3n) is 2.86. The van der Waals surface area contributed by atoms with E-state index in [0.717, 1.165) is 17.4 Å². The van der Waals surface area contributed by atoms with Gasteiger partial charge in [0.05, 0.1) is 6.42 Å². The first-order valence-electron chi connectivity index (χ1n) is 6.18. The summed E-state index contributed by atoms with van der Waals surface area (Å²) in [5.41, 5.74) is 2.27. The zero-order valence-electron chi connectivity index (χ0n) is 10.6. The zero-order chi connectivity index (χ0) is 13.5. The van der Waals surface area contributed by atoms with Gasteiger partial charge < -0.3 is 4.90 Å². The molecule has 100 valence electrons. The summed E-state index contributed by atoms with van der Waals surface area (Å²) in [6, 6.07) is 12.1.